The molecule has 7 heteroatoms. The van der Waals surface area contributed by atoms with E-state index in [-0.39, 0.29) is 5.56 Å². The number of hydrogen-bond acceptors (Lipinski definition) is 4. The molecule has 0 aliphatic carbocycles. The third kappa shape index (κ3) is 4.17. The van der Waals surface area contributed by atoms with Gasteiger partial charge in [0.05, 0.1) is 11.8 Å². The van der Waals surface area contributed by atoms with E-state index in [0.29, 0.717) is 27.7 Å². The third-order valence-electron chi connectivity index (χ3n) is 3.47. The van der Waals surface area contributed by atoms with Crippen LogP contribution in [0.2, 0.25) is 5.02 Å². The van der Waals surface area contributed by atoms with Crippen molar-refractivity contribution in [3.63, 3.8) is 0 Å². The molecule has 0 bridgehead atoms. The summed E-state index contributed by atoms with van der Waals surface area (Å²) in [7, 11) is 0. The lowest BCUT2D eigenvalue weighted by Gasteiger charge is -2.00. The average molecular weight is 369 g/mol. The summed E-state index contributed by atoms with van der Waals surface area (Å²) in [5.74, 6) is -0.503. The van der Waals surface area contributed by atoms with E-state index in [2.05, 4.69) is 10.5 Å². The van der Waals surface area contributed by atoms with Crippen molar-refractivity contribution in [2.24, 2.45) is 5.10 Å². The largest absolute Gasteiger partial charge is 0.478 e. The highest BCUT2D eigenvalue weighted by Crippen LogP contribution is 2.22. The fourth-order valence-electron chi connectivity index (χ4n) is 2.23. The summed E-state index contributed by atoms with van der Waals surface area (Å²) in [5.41, 5.74) is 3.57. The number of nitrogens with one attached hydrogen (secondary N) is 1. The van der Waals surface area contributed by atoms with Crippen LogP contribution in [0.1, 0.15) is 26.5 Å². The van der Waals surface area contributed by atoms with Gasteiger partial charge in [-0.15, -0.1) is 0 Å². The molecule has 3 aromatic rings. The van der Waals surface area contributed by atoms with Crippen molar-refractivity contribution in [1.29, 1.82) is 0 Å². The number of benzene rings is 2. The third-order valence-corrected chi connectivity index (χ3v) is 3.70. The molecule has 0 saturated heterocycles. The summed E-state index contributed by atoms with van der Waals surface area (Å²) in [6.45, 7) is 0. The van der Waals surface area contributed by atoms with Crippen molar-refractivity contribution in [1.82, 2.24) is 5.43 Å². The number of carboxylic acid groups (broad SMARTS) is 1. The molecular weight excluding hydrogens is 356 g/mol. The Hall–Kier alpha value is -3.38. The number of halogens is 1. The minimum absolute atomic E-state index is 0.169. The smallest absolute Gasteiger partial charge is 0.335 e. The molecule has 1 aromatic heterocycles. The topological polar surface area (TPSA) is 91.9 Å². The van der Waals surface area contributed by atoms with E-state index in [0.717, 1.165) is 0 Å². The fraction of sp³-hybridized carbons (Fsp3) is 0. The first-order chi connectivity index (χ1) is 12.5. The summed E-state index contributed by atoms with van der Waals surface area (Å²) in [6, 6.07) is 16.3. The molecule has 0 fully saturated rings. The lowest BCUT2D eigenvalue weighted by molar-refractivity contribution is 0.0696. The molecule has 1 heterocycles. The van der Waals surface area contributed by atoms with Gasteiger partial charge in [-0.05, 0) is 42.5 Å². The van der Waals surface area contributed by atoms with E-state index in [1.54, 1.807) is 42.5 Å². The molecule has 0 unspecified atom stereocenters. The van der Waals surface area contributed by atoms with Crippen LogP contribution < -0.4 is 5.43 Å². The van der Waals surface area contributed by atoms with Crippen LogP contribution >= 0.6 is 11.6 Å². The van der Waals surface area contributed by atoms with E-state index < -0.39 is 11.9 Å². The van der Waals surface area contributed by atoms with Crippen LogP contribution in [0.5, 0.6) is 0 Å². The van der Waals surface area contributed by atoms with Crippen molar-refractivity contribution in [2.45, 2.75) is 0 Å². The normalized spacial score (nSPS) is 10.8. The molecule has 130 valence electrons. The molecule has 3 rings (SSSR count). The Morgan fingerprint density at radius 1 is 1.04 bits per heavy atom. The standard InChI is InChI=1S/C19H13ClN2O4/c20-15-6-2-4-13(10-15)18(23)22-21-11-16-7-8-17(26-16)12-3-1-5-14(9-12)19(24)25/h1-11H,(H,22,23)(H,24,25)/b21-11-. The molecule has 1 amide bonds. The fourth-order valence-corrected chi connectivity index (χ4v) is 2.42. The minimum Gasteiger partial charge on any atom is -0.478 e. The van der Waals surface area contributed by atoms with Crippen LogP contribution in [0, 0.1) is 0 Å². The number of furan rings is 1. The van der Waals surface area contributed by atoms with Gasteiger partial charge in [0.2, 0.25) is 0 Å². The highest BCUT2D eigenvalue weighted by molar-refractivity contribution is 6.30. The maximum atomic E-state index is 11.9. The molecule has 2 aromatic carbocycles. The molecule has 0 spiro atoms. The van der Waals surface area contributed by atoms with E-state index in [1.165, 1.54) is 24.4 Å². The molecule has 0 aliphatic rings. The van der Waals surface area contributed by atoms with Gasteiger partial charge < -0.3 is 9.52 Å². The summed E-state index contributed by atoms with van der Waals surface area (Å²) < 4.78 is 5.60. The number of hydrogen-bond donors (Lipinski definition) is 2. The van der Waals surface area contributed by atoms with Gasteiger partial charge in [-0.25, -0.2) is 10.2 Å². The van der Waals surface area contributed by atoms with E-state index in [9.17, 15) is 9.59 Å². The number of carbonyl (C=O) groups excluding carboxylic acids is 1. The average Bonchev–Trinajstić information content (AvgIpc) is 3.10. The zero-order chi connectivity index (χ0) is 18.5. The lowest BCUT2D eigenvalue weighted by atomic mass is 10.1. The monoisotopic (exact) mass is 368 g/mol. The zero-order valence-corrected chi connectivity index (χ0v) is 14.1. The van der Waals surface area contributed by atoms with Gasteiger partial charge in [0.15, 0.2) is 0 Å². The second-order valence-corrected chi connectivity index (χ2v) is 5.73. The summed E-state index contributed by atoms with van der Waals surface area (Å²) in [5, 5.41) is 13.3. The number of aromatic carboxylic acids is 1. The van der Waals surface area contributed by atoms with Gasteiger partial charge in [0.25, 0.3) is 5.91 Å². The number of carbonyl (C=O) groups is 2. The Bertz CT molecular complexity index is 994. The molecule has 6 nitrogen and oxygen atoms in total. The second-order valence-electron chi connectivity index (χ2n) is 5.30. The summed E-state index contributed by atoms with van der Waals surface area (Å²) >= 11 is 5.84. The summed E-state index contributed by atoms with van der Waals surface area (Å²) in [6.07, 6.45) is 1.35. The molecule has 2 N–H and O–H groups in total. The zero-order valence-electron chi connectivity index (χ0n) is 13.3. The van der Waals surface area contributed by atoms with E-state index in [4.69, 9.17) is 21.1 Å². The highest BCUT2D eigenvalue weighted by Gasteiger charge is 2.08. The summed E-state index contributed by atoms with van der Waals surface area (Å²) in [4.78, 5) is 23.0. The van der Waals surface area contributed by atoms with Crippen LogP contribution in [0.25, 0.3) is 11.3 Å². The number of hydrazone groups is 1. The first kappa shape index (κ1) is 17.4. The molecule has 0 aliphatic heterocycles. The van der Waals surface area contributed by atoms with Gasteiger partial charge in [-0.3, -0.25) is 4.79 Å². The number of rotatable bonds is 5. The van der Waals surface area contributed by atoms with Gasteiger partial charge in [0, 0.05) is 16.1 Å². The molecule has 0 saturated carbocycles. The molecular formula is C19H13ClN2O4. The van der Waals surface area contributed by atoms with Crippen molar-refractivity contribution >= 4 is 29.7 Å². The number of carboxylic acids is 1. The van der Waals surface area contributed by atoms with Gasteiger partial charge in [0.1, 0.15) is 11.5 Å². The van der Waals surface area contributed by atoms with Crippen LogP contribution in [-0.4, -0.2) is 23.2 Å². The minimum atomic E-state index is -1.01. The van der Waals surface area contributed by atoms with E-state index >= 15 is 0 Å². The Labute approximate surface area is 153 Å². The van der Waals surface area contributed by atoms with Crippen molar-refractivity contribution in [2.75, 3.05) is 0 Å². The Balaban J connectivity index is 1.68. The number of amides is 1. The predicted octanol–water partition coefficient (Wildman–Crippen LogP) is 4.06. The Kier molecular flexibility index (Phi) is 5.15. The maximum Gasteiger partial charge on any atom is 0.335 e. The maximum absolute atomic E-state index is 11.9. The molecule has 0 atom stereocenters. The Morgan fingerprint density at radius 3 is 2.58 bits per heavy atom. The second kappa shape index (κ2) is 7.67. The predicted molar refractivity (Wildman–Crippen MR) is 97.6 cm³/mol. The van der Waals surface area contributed by atoms with Gasteiger partial charge in [-0.1, -0.05) is 29.8 Å². The van der Waals surface area contributed by atoms with Gasteiger partial charge in [-0.2, -0.15) is 5.10 Å². The van der Waals surface area contributed by atoms with Crippen molar-refractivity contribution in [3.8, 4) is 11.3 Å². The van der Waals surface area contributed by atoms with Gasteiger partial charge >= 0.3 is 5.97 Å². The lowest BCUT2D eigenvalue weighted by Crippen LogP contribution is -2.17. The Morgan fingerprint density at radius 2 is 1.81 bits per heavy atom. The molecule has 26 heavy (non-hydrogen) atoms. The van der Waals surface area contributed by atoms with Crippen LogP contribution in [0.15, 0.2) is 70.2 Å². The number of nitrogens with zero attached hydrogens (tertiary/aromatic N) is 1. The highest BCUT2D eigenvalue weighted by atomic mass is 35.5. The SMILES string of the molecule is O=C(O)c1cccc(-c2ccc(/C=N\NC(=O)c3cccc(Cl)c3)o2)c1. The molecule has 0 radical (unpaired) electrons. The van der Waals surface area contributed by atoms with Crippen LogP contribution in [-0.2, 0) is 0 Å². The van der Waals surface area contributed by atoms with Crippen molar-refractivity contribution in [3.05, 3.63) is 82.6 Å². The van der Waals surface area contributed by atoms with Crippen molar-refractivity contribution < 1.29 is 19.1 Å². The quantitative estimate of drug-likeness (QED) is 0.524. The first-order valence-electron chi connectivity index (χ1n) is 7.55. The van der Waals surface area contributed by atoms with Crippen LogP contribution in [0.3, 0.4) is 0 Å². The van der Waals surface area contributed by atoms with Crippen LogP contribution in [0.4, 0.5) is 0 Å². The first-order valence-corrected chi connectivity index (χ1v) is 7.93. The van der Waals surface area contributed by atoms with E-state index in [1.807, 2.05) is 0 Å².